The maximum Gasteiger partial charge on any atom is 0.338 e. The van der Waals surface area contributed by atoms with Crippen molar-refractivity contribution in [3.8, 4) is 17.6 Å². The first kappa shape index (κ1) is 31.0. The normalized spacial score (nSPS) is 14.4. The van der Waals surface area contributed by atoms with Gasteiger partial charge in [-0.2, -0.15) is 5.26 Å². The number of thiazole rings is 1. The molecule has 224 valence electrons. The molecule has 5 rings (SSSR count). The van der Waals surface area contributed by atoms with Gasteiger partial charge in [0.15, 0.2) is 4.80 Å². The highest BCUT2D eigenvalue weighted by atomic mass is 79.9. The van der Waals surface area contributed by atoms with Crippen LogP contribution in [0.5, 0.6) is 11.5 Å². The number of carbonyl (C=O) groups excluding carboxylic acids is 1. The molecule has 10 heteroatoms. The Kier molecular flexibility index (Phi) is 9.78. The number of hydrogen-bond acceptors (Lipinski definition) is 8. The molecule has 4 aromatic rings. The van der Waals surface area contributed by atoms with E-state index < -0.39 is 12.0 Å². The Bertz CT molecular complexity index is 1970. The van der Waals surface area contributed by atoms with Crippen molar-refractivity contribution in [2.75, 3.05) is 13.7 Å². The predicted molar refractivity (Wildman–Crippen MR) is 172 cm³/mol. The molecular weight excluding hydrogens is 642 g/mol. The summed E-state index contributed by atoms with van der Waals surface area (Å²) in [6, 6.07) is 21.6. The summed E-state index contributed by atoms with van der Waals surface area (Å²) in [7, 11) is 1.57. The molecule has 0 spiro atoms. The van der Waals surface area contributed by atoms with Crippen LogP contribution in [0.25, 0.3) is 6.08 Å². The van der Waals surface area contributed by atoms with Crippen LogP contribution in [0.1, 0.15) is 55.0 Å². The molecule has 2 heterocycles. The highest BCUT2D eigenvalue weighted by Gasteiger charge is 2.35. The molecule has 1 aromatic heterocycles. The molecular formula is C34H30BrN3O5S. The van der Waals surface area contributed by atoms with Crippen molar-refractivity contribution in [1.82, 2.24) is 4.57 Å². The van der Waals surface area contributed by atoms with Gasteiger partial charge in [-0.15, -0.1) is 0 Å². The smallest absolute Gasteiger partial charge is 0.338 e. The van der Waals surface area contributed by atoms with Crippen molar-refractivity contribution in [3.05, 3.63) is 124 Å². The monoisotopic (exact) mass is 671 g/mol. The van der Waals surface area contributed by atoms with Gasteiger partial charge in [-0.1, -0.05) is 67.1 Å². The van der Waals surface area contributed by atoms with Gasteiger partial charge in [0.2, 0.25) is 0 Å². The molecule has 0 N–H and O–H groups in total. The molecule has 0 unspecified atom stereocenters. The van der Waals surface area contributed by atoms with E-state index >= 15 is 0 Å². The fourth-order valence-electron chi connectivity index (χ4n) is 5.09. The summed E-state index contributed by atoms with van der Waals surface area (Å²) in [5.41, 5.74) is 3.50. The third-order valence-corrected chi connectivity index (χ3v) is 8.70. The first-order chi connectivity index (χ1) is 21.4. The van der Waals surface area contributed by atoms with E-state index in [0.717, 1.165) is 17.5 Å². The van der Waals surface area contributed by atoms with Crippen molar-refractivity contribution in [2.24, 2.45) is 4.99 Å². The largest absolute Gasteiger partial charge is 0.496 e. The van der Waals surface area contributed by atoms with Crippen molar-refractivity contribution >= 4 is 39.3 Å². The van der Waals surface area contributed by atoms with Gasteiger partial charge >= 0.3 is 5.97 Å². The van der Waals surface area contributed by atoms with Crippen molar-refractivity contribution in [2.45, 2.75) is 39.3 Å². The van der Waals surface area contributed by atoms with Crippen LogP contribution in [0.15, 0.2) is 92.3 Å². The minimum absolute atomic E-state index is 0.199. The van der Waals surface area contributed by atoms with Crippen LogP contribution >= 0.6 is 27.3 Å². The number of methoxy groups -OCH3 is 1. The summed E-state index contributed by atoms with van der Waals surface area (Å²) in [6.07, 6.45) is 3.12. The number of hydrogen-bond donors (Lipinski definition) is 0. The number of aromatic nitrogens is 1. The van der Waals surface area contributed by atoms with Crippen molar-refractivity contribution in [3.63, 3.8) is 0 Å². The van der Waals surface area contributed by atoms with Crippen LogP contribution in [0.4, 0.5) is 0 Å². The van der Waals surface area contributed by atoms with Gasteiger partial charge in [-0.05, 0) is 65.2 Å². The Morgan fingerprint density at radius 2 is 1.89 bits per heavy atom. The Hall–Kier alpha value is -4.46. The van der Waals surface area contributed by atoms with Crippen LogP contribution in [0, 0.1) is 11.3 Å². The first-order valence-corrected chi connectivity index (χ1v) is 15.8. The second-order valence-electron chi connectivity index (χ2n) is 9.90. The van der Waals surface area contributed by atoms with E-state index in [4.69, 9.17) is 19.2 Å². The molecule has 1 atom stereocenters. The number of benzene rings is 3. The molecule has 0 radical (unpaired) electrons. The summed E-state index contributed by atoms with van der Waals surface area (Å²) in [6.45, 7) is 4.22. The van der Waals surface area contributed by atoms with E-state index in [1.807, 2.05) is 67.6 Å². The van der Waals surface area contributed by atoms with Crippen LogP contribution in [0.2, 0.25) is 0 Å². The number of fused-ring (bicyclic) bond motifs is 1. The summed E-state index contributed by atoms with van der Waals surface area (Å²) >= 11 is 4.86. The second kappa shape index (κ2) is 13.9. The average Bonchev–Trinajstić information content (AvgIpc) is 3.34. The zero-order valence-corrected chi connectivity index (χ0v) is 26.9. The van der Waals surface area contributed by atoms with Gasteiger partial charge in [0, 0.05) is 11.1 Å². The zero-order valence-electron chi connectivity index (χ0n) is 24.5. The number of carbonyl (C=O) groups is 1. The molecule has 1 aliphatic rings. The van der Waals surface area contributed by atoms with Gasteiger partial charge < -0.3 is 14.2 Å². The third-order valence-electron chi connectivity index (χ3n) is 7.10. The highest BCUT2D eigenvalue weighted by molar-refractivity contribution is 9.10. The molecule has 8 nitrogen and oxygen atoms in total. The lowest BCUT2D eigenvalue weighted by Gasteiger charge is -2.26. The van der Waals surface area contributed by atoms with Crippen molar-refractivity contribution in [1.29, 1.82) is 5.26 Å². The number of halogens is 1. The first-order valence-electron chi connectivity index (χ1n) is 14.1. The summed E-state index contributed by atoms with van der Waals surface area (Å²) < 4.78 is 19.9. The maximum atomic E-state index is 14.1. The standard InChI is InChI=1S/C34H30BrN3O5S/c1-4-10-26-30(33(40)42-5-2)31(24-13-8-9-14-27(24)41-3)38-32(39)29(44-34(38)37-26)18-21-15-16-28(25(35)17-21)43-20-23-12-7-6-11-22(23)19-36/h6-9,11-18,31H,4-5,10,20H2,1-3H3/b29-18+/t31-/m1/s1. The number of nitrogens with zero attached hydrogens (tertiary/aromatic N) is 3. The van der Waals surface area contributed by atoms with Gasteiger partial charge in [-0.25, -0.2) is 9.79 Å². The van der Waals surface area contributed by atoms with Crippen LogP contribution in [-0.2, 0) is 16.1 Å². The number of rotatable bonds is 10. The van der Waals surface area contributed by atoms with E-state index in [2.05, 4.69) is 22.0 Å². The molecule has 0 amide bonds. The minimum atomic E-state index is -0.760. The third kappa shape index (κ3) is 6.25. The Morgan fingerprint density at radius 1 is 1.11 bits per heavy atom. The fraction of sp³-hybridized carbons (Fsp3) is 0.235. The van der Waals surface area contributed by atoms with Gasteiger partial charge in [-0.3, -0.25) is 9.36 Å². The fourth-order valence-corrected chi connectivity index (χ4v) is 6.62. The Labute approximate surface area is 267 Å². The van der Waals surface area contributed by atoms with Crippen LogP contribution < -0.4 is 24.4 Å². The quantitative estimate of drug-likeness (QED) is 0.198. The number of esters is 1. The van der Waals surface area contributed by atoms with E-state index in [9.17, 15) is 14.9 Å². The van der Waals surface area contributed by atoms with Crippen LogP contribution in [0.3, 0.4) is 0 Å². The molecule has 0 aliphatic carbocycles. The SMILES string of the molecule is CCCC1=C(C(=O)OCC)[C@@H](c2ccccc2OC)n2c(s/c(=C/c3ccc(OCc4ccccc4C#N)c(Br)c3)c2=O)=N1. The molecule has 1 aliphatic heterocycles. The average molecular weight is 673 g/mol. The second-order valence-corrected chi connectivity index (χ2v) is 11.8. The number of allylic oxidation sites excluding steroid dienone is 1. The summed E-state index contributed by atoms with van der Waals surface area (Å²) in [5.74, 6) is 0.668. The van der Waals surface area contributed by atoms with Gasteiger partial charge in [0.25, 0.3) is 5.56 Å². The number of ether oxygens (including phenoxy) is 3. The maximum absolute atomic E-state index is 14.1. The highest BCUT2D eigenvalue weighted by Crippen LogP contribution is 2.37. The van der Waals surface area contributed by atoms with Gasteiger partial charge in [0.05, 0.1) is 45.6 Å². The molecule has 0 fully saturated rings. The summed E-state index contributed by atoms with van der Waals surface area (Å²) in [5, 5.41) is 9.36. The topological polar surface area (TPSA) is 103 Å². The minimum Gasteiger partial charge on any atom is -0.496 e. The van der Waals surface area contributed by atoms with E-state index in [1.165, 1.54) is 11.3 Å². The molecule has 3 aromatic carbocycles. The van der Waals surface area contributed by atoms with Crippen LogP contribution in [-0.4, -0.2) is 24.3 Å². The molecule has 0 saturated heterocycles. The number of nitriles is 1. The van der Waals surface area contributed by atoms with Crippen molar-refractivity contribution < 1.29 is 19.0 Å². The van der Waals surface area contributed by atoms with E-state index in [0.29, 0.717) is 54.1 Å². The molecule has 0 bridgehead atoms. The predicted octanol–water partition coefficient (Wildman–Crippen LogP) is 5.80. The number of para-hydroxylation sites is 1. The lowest BCUT2D eigenvalue weighted by atomic mass is 9.93. The zero-order chi connectivity index (χ0) is 31.2. The van der Waals surface area contributed by atoms with E-state index in [-0.39, 0.29) is 18.8 Å². The Balaban J connectivity index is 1.58. The Morgan fingerprint density at radius 3 is 2.61 bits per heavy atom. The van der Waals surface area contributed by atoms with Gasteiger partial charge in [0.1, 0.15) is 24.1 Å². The lowest BCUT2D eigenvalue weighted by Crippen LogP contribution is -2.40. The molecule has 44 heavy (non-hydrogen) atoms. The van der Waals surface area contributed by atoms with E-state index in [1.54, 1.807) is 30.7 Å². The lowest BCUT2D eigenvalue weighted by molar-refractivity contribution is -0.139. The molecule has 0 saturated carbocycles. The summed E-state index contributed by atoms with van der Waals surface area (Å²) in [4.78, 5) is 32.8.